The van der Waals surface area contributed by atoms with Gasteiger partial charge in [0.2, 0.25) is 0 Å². The Morgan fingerprint density at radius 1 is 0.950 bits per heavy atom. The lowest BCUT2D eigenvalue weighted by atomic mass is 10.4. The number of rotatable bonds is 6. The summed E-state index contributed by atoms with van der Waals surface area (Å²) >= 11 is 1.88. The molecule has 0 amide bonds. The molecular formula is C17H21OPS. The first-order chi connectivity index (χ1) is 9.66. The third-order valence-electron chi connectivity index (χ3n) is 3.31. The maximum Gasteiger partial charge on any atom is 0.144 e. The van der Waals surface area contributed by atoms with Gasteiger partial charge in [-0.05, 0) is 5.75 Å². The Balaban J connectivity index is 2.42. The van der Waals surface area contributed by atoms with Gasteiger partial charge in [-0.3, -0.25) is 0 Å². The van der Waals surface area contributed by atoms with Crippen LogP contribution in [0.25, 0.3) is 0 Å². The van der Waals surface area contributed by atoms with E-state index in [0.717, 1.165) is 22.5 Å². The molecule has 0 aliphatic carbocycles. The van der Waals surface area contributed by atoms with Crippen molar-refractivity contribution in [2.75, 3.05) is 11.9 Å². The minimum Gasteiger partial charge on any atom is -0.314 e. The zero-order valence-electron chi connectivity index (χ0n) is 12.0. The maximum atomic E-state index is 13.7. The monoisotopic (exact) mass is 304 g/mol. The van der Waals surface area contributed by atoms with Crippen LogP contribution in [0.5, 0.6) is 0 Å². The molecule has 106 valence electrons. The molecule has 2 aromatic rings. The predicted molar refractivity (Wildman–Crippen MR) is 92.2 cm³/mol. The molecule has 20 heavy (non-hydrogen) atoms. The number of thioether (sulfide) groups is 1. The summed E-state index contributed by atoms with van der Waals surface area (Å²) in [4.78, 5) is 0. The number of hydrogen-bond acceptors (Lipinski definition) is 2. The maximum absolute atomic E-state index is 13.7. The average Bonchev–Trinajstić information content (AvgIpc) is 2.49. The van der Waals surface area contributed by atoms with Gasteiger partial charge < -0.3 is 4.57 Å². The molecule has 2 rings (SSSR count). The first kappa shape index (κ1) is 15.4. The SMILES string of the molecule is CCSC(C)CP(=O)(c1ccccc1)c1ccccc1. The molecule has 0 saturated heterocycles. The van der Waals surface area contributed by atoms with Crippen molar-refractivity contribution >= 4 is 29.5 Å². The smallest absolute Gasteiger partial charge is 0.144 e. The summed E-state index contributed by atoms with van der Waals surface area (Å²) in [5.74, 6) is 1.06. The van der Waals surface area contributed by atoms with E-state index in [0.29, 0.717) is 5.25 Å². The van der Waals surface area contributed by atoms with Crippen LogP contribution in [0.1, 0.15) is 13.8 Å². The molecule has 2 aromatic carbocycles. The Hall–Kier alpha value is -0.980. The van der Waals surface area contributed by atoms with E-state index in [9.17, 15) is 4.57 Å². The lowest BCUT2D eigenvalue weighted by molar-refractivity contribution is 0.586. The van der Waals surface area contributed by atoms with Crippen molar-refractivity contribution < 1.29 is 4.57 Å². The van der Waals surface area contributed by atoms with Crippen molar-refractivity contribution in [2.24, 2.45) is 0 Å². The Morgan fingerprint density at radius 3 is 1.80 bits per heavy atom. The zero-order chi connectivity index (χ0) is 14.4. The van der Waals surface area contributed by atoms with Gasteiger partial charge >= 0.3 is 0 Å². The van der Waals surface area contributed by atoms with E-state index < -0.39 is 7.14 Å². The molecule has 0 saturated carbocycles. The van der Waals surface area contributed by atoms with Crippen LogP contribution in [0.4, 0.5) is 0 Å². The van der Waals surface area contributed by atoms with Crippen LogP contribution in [0.15, 0.2) is 60.7 Å². The molecule has 0 aliphatic heterocycles. The van der Waals surface area contributed by atoms with Crippen molar-refractivity contribution in [2.45, 2.75) is 19.1 Å². The molecule has 0 bridgehead atoms. The second-order valence-corrected chi connectivity index (χ2v) is 9.45. The lowest BCUT2D eigenvalue weighted by Crippen LogP contribution is -2.22. The van der Waals surface area contributed by atoms with Gasteiger partial charge in [0.15, 0.2) is 0 Å². The summed E-state index contributed by atoms with van der Waals surface area (Å²) in [5, 5.41) is 2.33. The number of benzene rings is 2. The van der Waals surface area contributed by atoms with Crippen LogP contribution in [0.3, 0.4) is 0 Å². The molecule has 0 aliphatic rings. The van der Waals surface area contributed by atoms with E-state index in [-0.39, 0.29) is 0 Å². The van der Waals surface area contributed by atoms with Gasteiger partial charge in [-0.1, -0.05) is 74.5 Å². The standard InChI is InChI=1S/C17H21OPS/c1-3-20-15(2)14-19(18,16-10-6-4-7-11-16)17-12-8-5-9-13-17/h4-13,15H,3,14H2,1-2H3. The molecule has 0 fully saturated rings. The molecule has 1 unspecified atom stereocenters. The van der Waals surface area contributed by atoms with Crippen LogP contribution >= 0.6 is 18.9 Å². The Labute approximate surface area is 126 Å². The number of hydrogen-bond donors (Lipinski definition) is 0. The molecule has 0 heterocycles. The molecule has 0 N–H and O–H groups in total. The highest BCUT2D eigenvalue weighted by atomic mass is 32.2. The van der Waals surface area contributed by atoms with Gasteiger partial charge in [-0.25, -0.2) is 0 Å². The first-order valence-corrected chi connectivity index (χ1v) is 9.93. The quantitative estimate of drug-likeness (QED) is 0.746. The van der Waals surface area contributed by atoms with E-state index in [1.165, 1.54) is 0 Å². The lowest BCUT2D eigenvalue weighted by Gasteiger charge is -2.22. The highest BCUT2D eigenvalue weighted by molar-refractivity contribution is 8.00. The Kier molecular flexibility index (Phi) is 5.51. The second-order valence-electron chi connectivity index (χ2n) is 4.86. The van der Waals surface area contributed by atoms with Crippen LogP contribution in [0, 0.1) is 0 Å². The fourth-order valence-corrected chi connectivity index (χ4v) is 6.77. The summed E-state index contributed by atoms with van der Waals surface area (Å²) in [5.41, 5.74) is 0. The summed E-state index contributed by atoms with van der Waals surface area (Å²) in [6.45, 7) is 4.32. The van der Waals surface area contributed by atoms with E-state index in [4.69, 9.17) is 0 Å². The minimum absolute atomic E-state index is 0.395. The fraction of sp³-hybridized carbons (Fsp3) is 0.294. The van der Waals surface area contributed by atoms with Crippen molar-refractivity contribution in [3.63, 3.8) is 0 Å². The molecule has 1 atom stereocenters. The highest BCUT2D eigenvalue weighted by Gasteiger charge is 2.28. The van der Waals surface area contributed by atoms with E-state index in [1.807, 2.05) is 72.4 Å². The molecule has 0 aromatic heterocycles. The van der Waals surface area contributed by atoms with Crippen LogP contribution in [-0.4, -0.2) is 17.2 Å². The van der Waals surface area contributed by atoms with Crippen molar-refractivity contribution in [1.29, 1.82) is 0 Å². The third-order valence-corrected chi connectivity index (χ3v) is 7.95. The summed E-state index contributed by atoms with van der Waals surface area (Å²) in [6.07, 6.45) is 0.722. The van der Waals surface area contributed by atoms with Crippen LogP contribution < -0.4 is 10.6 Å². The van der Waals surface area contributed by atoms with Crippen molar-refractivity contribution in [3.05, 3.63) is 60.7 Å². The van der Waals surface area contributed by atoms with Gasteiger partial charge in [0.05, 0.1) is 0 Å². The van der Waals surface area contributed by atoms with E-state index >= 15 is 0 Å². The topological polar surface area (TPSA) is 17.1 Å². The summed E-state index contributed by atoms with van der Waals surface area (Å²) in [7, 11) is -2.53. The zero-order valence-corrected chi connectivity index (χ0v) is 13.7. The van der Waals surface area contributed by atoms with Crippen molar-refractivity contribution in [3.8, 4) is 0 Å². The fourth-order valence-electron chi connectivity index (χ4n) is 2.40. The highest BCUT2D eigenvalue weighted by Crippen LogP contribution is 2.45. The van der Waals surface area contributed by atoms with Crippen LogP contribution in [-0.2, 0) is 4.57 Å². The second kappa shape index (κ2) is 7.15. The third kappa shape index (κ3) is 3.56. The Bertz CT molecular complexity index is 525. The van der Waals surface area contributed by atoms with Crippen LogP contribution in [0.2, 0.25) is 0 Å². The normalized spacial score (nSPS) is 13.1. The van der Waals surface area contributed by atoms with Crippen molar-refractivity contribution in [1.82, 2.24) is 0 Å². The molecule has 1 nitrogen and oxygen atoms in total. The molecular weight excluding hydrogens is 283 g/mol. The minimum atomic E-state index is -2.53. The van der Waals surface area contributed by atoms with Gasteiger partial charge in [0, 0.05) is 22.0 Å². The Morgan fingerprint density at radius 2 is 1.40 bits per heavy atom. The first-order valence-electron chi connectivity index (χ1n) is 6.98. The van der Waals surface area contributed by atoms with Gasteiger partial charge in [0.25, 0.3) is 0 Å². The predicted octanol–water partition coefficient (Wildman–Crippen LogP) is 4.14. The summed E-state index contributed by atoms with van der Waals surface area (Å²) in [6, 6.07) is 19.8. The van der Waals surface area contributed by atoms with Gasteiger partial charge in [-0.15, -0.1) is 0 Å². The molecule has 3 heteroatoms. The van der Waals surface area contributed by atoms with Gasteiger partial charge in [-0.2, -0.15) is 11.8 Å². The van der Waals surface area contributed by atoms with Gasteiger partial charge in [0.1, 0.15) is 7.14 Å². The largest absolute Gasteiger partial charge is 0.314 e. The summed E-state index contributed by atoms with van der Waals surface area (Å²) < 4.78 is 13.7. The molecule has 0 spiro atoms. The molecule has 0 radical (unpaired) electrons. The van der Waals surface area contributed by atoms with E-state index in [1.54, 1.807) is 0 Å². The van der Waals surface area contributed by atoms with E-state index in [2.05, 4.69) is 13.8 Å². The average molecular weight is 304 g/mol.